The van der Waals surface area contributed by atoms with E-state index in [-0.39, 0.29) is 18.2 Å². The van der Waals surface area contributed by atoms with Crippen LogP contribution >= 0.6 is 0 Å². The summed E-state index contributed by atoms with van der Waals surface area (Å²) in [4.78, 5) is 24.0. The first-order valence-corrected chi connectivity index (χ1v) is 6.34. The van der Waals surface area contributed by atoms with Gasteiger partial charge in [0, 0.05) is 19.0 Å². The van der Waals surface area contributed by atoms with Gasteiger partial charge in [-0.25, -0.2) is 0 Å². The van der Waals surface area contributed by atoms with Crippen LogP contribution < -0.4 is 10.6 Å². The number of rotatable bonds is 3. The van der Waals surface area contributed by atoms with Crippen molar-refractivity contribution in [3.63, 3.8) is 0 Å². The van der Waals surface area contributed by atoms with Crippen molar-refractivity contribution in [2.45, 2.75) is 30.7 Å². The van der Waals surface area contributed by atoms with Gasteiger partial charge >= 0.3 is 0 Å². The molecule has 1 atom stereocenters. The van der Waals surface area contributed by atoms with Crippen LogP contribution in [0.1, 0.15) is 24.8 Å². The lowest BCUT2D eigenvalue weighted by atomic mass is 9.78. The van der Waals surface area contributed by atoms with E-state index in [0.29, 0.717) is 12.6 Å². The summed E-state index contributed by atoms with van der Waals surface area (Å²) < 4.78 is 0. The Bertz CT molecular complexity index is 482. The van der Waals surface area contributed by atoms with E-state index >= 15 is 0 Å². The van der Waals surface area contributed by atoms with Crippen LogP contribution in [0.25, 0.3) is 0 Å². The van der Waals surface area contributed by atoms with Crippen molar-refractivity contribution in [3.8, 4) is 0 Å². The molecular weight excluding hydrogens is 228 g/mol. The summed E-state index contributed by atoms with van der Waals surface area (Å²) >= 11 is 0. The molecule has 1 aliphatic heterocycles. The minimum atomic E-state index is -0.721. The summed E-state index contributed by atoms with van der Waals surface area (Å²) in [5, 5.41) is 5.81. The molecule has 1 aromatic carbocycles. The number of benzene rings is 1. The van der Waals surface area contributed by atoms with Gasteiger partial charge in [-0.3, -0.25) is 9.59 Å². The minimum Gasteiger partial charge on any atom is -0.355 e. The normalized spacial score (nSPS) is 26.8. The third-order valence-electron chi connectivity index (χ3n) is 3.72. The summed E-state index contributed by atoms with van der Waals surface area (Å²) in [6.45, 7) is 0.397. The molecule has 0 bridgehead atoms. The van der Waals surface area contributed by atoms with Crippen LogP contribution in [0.2, 0.25) is 0 Å². The van der Waals surface area contributed by atoms with E-state index in [1.54, 1.807) is 0 Å². The van der Waals surface area contributed by atoms with Crippen molar-refractivity contribution in [1.82, 2.24) is 10.6 Å². The lowest BCUT2D eigenvalue weighted by Crippen LogP contribution is -2.46. The Morgan fingerprint density at radius 1 is 1.28 bits per heavy atom. The van der Waals surface area contributed by atoms with Gasteiger partial charge in [0.1, 0.15) is 5.41 Å². The van der Waals surface area contributed by atoms with Crippen molar-refractivity contribution in [3.05, 3.63) is 35.9 Å². The van der Waals surface area contributed by atoms with Gasteiger partial charge in [-0.15, -0.1) is 0 Å². The molecule has 2 N–H and O–H groups in total. The third kappa shape index (κ3) is 1.88. The quantitative estimate of drug-likeness (QED) is 0.823. The molecule has 1 heterocycles. The highest BCUT2D eigenvalue weighted by atomic mass is 16.2. The molecule has 4 nitrogen and oxygen atoms in total. The lowest BCUT2D eigenvalue weighted by molar-refractivity contribution is -0.128. The first kappa shape index (κ1) is 11.3. The average molecular weight is 244 g/mol. The monoisotopic (exact) mass is 244 g/mol. The molecule has 4 heteroatoms. The Morgan fingerprint density at radius 3 is 2.56 bits per heavy atom. The van der Waals surface area contributed by atoms with Gasteiger partial charge in [-0.2, -0.15) is 0 Å². The second-order valence-electron chi connectivity index (χ2n) is 5.15. The minimum absolute atomic E-state index is 0.0189. The van der Waals surface area contributed by atoms with Crippen molar-refractivity contribution < 1.29 is 9.59 Å². The van der Waals surface area contributed by atoms with E-state index < -0.39 is 5.41 Å². The number of hydrogen-bond donors (Lipinski definition) is 2. The molecule has 2 fully saturated rings. The number of hydrogen-bond acceptors (Lipinski definition) is 2. The second kappa shape index (κ2) is 4.12. The summed E-state index contributed by atoms with van der Waals surface area (Å²) in [7, 11) is 0. The van der Waals surface area contributed by atoms with Crippen LogP contribution in [-0.4, -0.2) is 24.4 Å². The third-order valence-corrected chi connectivity index (χ3v) is 3.72. The van der Waals surface area contributed by atoms with E-state index in [2.05, 4.69) is 10.6 Å². The fourth-order valence-electron chi connectivity index (χ4n) is 2.45. The maximum atomic E-state index is 12.5. The molecule has 2 amide bonds. The van der Waals surface area contributed by atoms with E-state index in [1.807, 2.05) is 30.3 Å². The molecule has 94 valence electrons. The molecule has 1 aliphatic carbocycles. The molecule has 0 aromatic heterocycles. The first-order chi connectivity index (χ1) is 8.71. The van der Waals surface area contributed by atoms with Crippen LogP contribution in [0, 0.1) is 0 Å². The predicted octanol–water partition coefficient (Wildman–Crippen LogP) is 0.723. The highest BCUT2D eigenvalue weighted by Crippen LogP contribution is 2.33. The standard InChI is InChI=1S/C14H16N2O2/c17-12-8-14(9-15-12,10-4-2-1-3-5-10)13(18)16-11-6-7-11/h1-5,11H,6-9H2,(H,15,17)(H,16,18)/t14-/m1/s1. The highest BCUT2D eigenvalue weighted by Gasteiger charge is 2.47. The van der Waals surface area contributed by atoms with Crippen molar-refractivity contribution in [2.24, 2.45) is 0 Å². The lowest BCUT2D eigenvalue weighted by Gasteiger charge is -2.26. The molecule has 0 radical (unpaired) electrons. The van der Waals surface area contributed by atoms with Crippen molar-refractivity contribution in [1.29, 1.82) is 0 Å². The Balaban J connectivity index is 1.93. The molecule has 0 spiro atoms. The molecular formula is C14H16N2O2. The van der Waals surface area contributed by atoms with Gasteiger partial charge in [0.15, 0.2) is 0 Å². The summed E-state index contributed by atoms with van der Waals surface area (Å²) in [6, 6.07) is 9.89. The van der Waals surface area contributed by atoms with Crippen LogP contribution in [0.3, 0.4) is 0 Å². The van der Waals surface area contributed by atoms with Gasteiger partial charge in [0.2, 0.25) is 11.8 Å². The molecule has 18 heavy (non-hydrogen) atoms. The van der Waals surface area contributed by atoms with E-state index in [9.17, 15) is 9.59 Å². The van der Waals surface area contributed by atoms with Gasteiger partial charge < -0.3 is 10.6 Å². The Labute approximate surface area is 106 Å². The highest BCUT2D eigenvalue weighted by molar-refractivity contribution is 5.97. The van der Waals surface area contributed by atoms with E-state index in [4.69, 9.17) is 0 Å². The molecule has 3 rings (SSSR count). The van der Waals surface area contributed by atoms with Crippen LogP contribution in [0.4, 0.5) is 0 Å². The van der Waals surface area contributed by atoms with Gasteiger partial charge in [0.25, 0.3) is 0 Å². The maximum absolute atomic E-state index is 12.5. The second-order valence-corrected chi connectivity index (χ2v) is 5.15. The van der Waals surface area contributed by atoms with Gasteiger partial charge in [-0.1, -0.05) is 30.3 Å². The zero-order valence-electron chi connectivity index (χ0n) is 10.1. The summed E-state index contributed by atoms with van der Waals surface area (Å²) in [6.07, 6.45) is 2.35. The van der Waals surface area contributed by atoms with E-state index in [1.165, 1.54) is 0 Å². The topological polar surface area (TPSA) is 58.2 Å². The van der Waals surface area contributed by atoms with Crippen molar-refractivity contribution >= 4 is 11.8 Å². The zero-order chi connectivity index (χ0) is 12.6. The SMILES string of the molecule is O=C1C[C@](C(=O)NC2CC2)(c2ccccc2)CN1. The van der Waals surface area contributed by atoms with E-state index in [0.717, 1.165) is 18.4 Å². The summed E-state index contributed by atoms with van der Waals surface area (Å²) in [5.74, 6) is -0.0700. The molecule has 1 aromatic rings. The first-order valence-electron chi connectivity index (χ1n) is 6.34. The Hall–Kier alpha value is -1.84. The van der Waals surface area contributed by atoms with Crippen LogP contribution in [-0.2, 0) is 15.0 Å². The number of carbonyl (C=O) groups is 2. The Morgan fingerprint density at radius 2 is 2.00 bits per heavy atom. The predicted molar refractivity (Wildman–Crippen MR) is 66.9 cm³/mol. The fraction of sp³-hybridized carbons (Fsp3) is 0.429. The van der Waals surface area contributed by atoms with Crippen LogP contribution in [0.5, 0.6) is 0 Å². The molecule has 0 unspecified atom stereocenters. The van der Waals surface area contributed by atoms with Crippen molar-refractivity contribution in [2.75, 3.05) is 6.54 Å². The average Bonchev–Trinajstić information content (AvgIpc) is 3.11. The number of amides is 2. The Kier molecular flexibility index (Phi) is 2.58. The molecule has 1 saturated heterocycles. The van der Waals surface area contributed by atoms with Crippen LogP contribution in [0.15, 0.2) is 30.3 Å². The number of nitrogens with one attached hydrogen (secondary N) is 2. The smallest absolute Gasteiger partial charge is 0.233 e. The van der Waals surface area contributed by atoms with Gasteiger partial charge in [0.05, 0.1) is 0 Å². The zero-order valence-corrected chi connectivity index (χ0v) is 10.1. The summed E-state index contributed by atoms with van der Waals surface area (Å²) in [5.41, 5.74) is 0.197. The molecule has 1 saturated carbocycles. The maximum Gasteiger partial charge on any atom is 0.233 e. The fourth-order valence-corrected chi connectivity index (χ4v) is 2.45. The largest absolute Gasteiger partial charge is 0.355 e. The molecule has 2 aliphatic rings. The number of carbonyl (C=O) groups excluding carboxylic acids is 2. The van der Waals surface area contributed by atoms with Gasteiger partial charge in [-0.05, 0) is 18.4 Å².